The number of imidazole rings is 2. The fourth-order valence-corrected chi connectivity index (χ4v) is 3.79. The first-order valence-corrected chi connectivity index (χ1v) is 9.91. The van der Waals surface area contributed by atoms with Crippen LogP contribution in [0.4, 0.5) is 17.6 Å². The van der Waals surface area contributed by atoms with Gasteiger partial charge in [-0.15, -0.1) is 0 Å². The van der Waals surface area contributed by atoms with Crippen LogP contribution in [0.1, 0.15) is 36.3 Å². The van der Waals surface area contributed by atoms with Gasteiger partial charge in [0.15, 0.2) is 12.1 Å². The van der Waals surface area contributed by atoms with Gasteiger partial charge >= 0.3 is 6.18 Å². The van der Waals surface area contributed by atoms with Crippen molar-refractivity contribution in [3.8, 4) is 11.3 Å². The number of rotatable bonds is 5. The highest BCUT2D eigenvalue weighted by atomic mass is 19.4. The number of aliphatic imine (C=N–C) groups is 1. The van der Waals surface area contributed by atoms with Crippen molar-refractivity contribution < 1.29 is 17.6 Å². The van der Waals surface area contributed by atoms with Crippen LogP contribution >= 0.6 is 0 Å². The zero-order valence-electron chi connectivity index (χ0n) is 17.1. The topological polar surface area (TPSA) is 48.0 Å². The first-order chi connectivity index (χ1) is 14.8. The lowest BCUT2D eigenvalue weighted by atomic mass is 10.1. The zero-order chi connectivity index (χ0) is 22.2. The first-order valence-electron chi connectivity index (χ1n) is 9.91. The van der Waals surface area contributed by atoms with Gasteiger partial charge in [0.25, 0.3) is 0 Å². The number of nitrogens with zero attached hydrogens (tertiary/aromatic N) is 5. The van der Waals surface area contributed by atoms with Crippen molar-refractivity contribution in [2.75, 3.05) is 0 Å². The lowest BCUT2D eigenvalue weighted by molar-refractivity contribution is -0.137. The number of dihydropyridines is 1. The lowest BCUT2D eigenvalue weighted by Crippen LogP contribution is -2.16. The van der Waals surface area contributed by atoms with Crippen molar-refractivity contribution >= 4 is 5.71 Å². The van der Waals surface area contributed by atoms with Gasteiger partial charge < -0.3 is 9.13 Å². The van der Waals surface area contributed by atoms with E-state index in [9.17, 15) is 17.6 Å². The van der Waals surface area contributed by atoms with Gasteiger partial charge in [-0.3, -0.25) is 0 Å². The number of alkyl halides is 4. The third kappa shape index (κ3) is 4.17. The van der Waals surface area contributed by atoms with Crippen molar-refractivity contribution in [3.05, 3.63) is 71.7 Å². The summed E-state index contributed by atoms with van der Waals surface area (Å²) in [6.07, 6.45) is 1.34. The van der Waals surface area contributed by atoms with Crippen LogP contribution < -0.4 is 0 Å². The highest BCUT2D eigenvalue weighted by molar-refractivity contribution is 6.06. The summed E-state index contributed by atoms with van der Waals surface area (Å²) in [5.41, 5.74) is 1.49. The van der Waals surface area contributed by atoms with Gasteiger partial charge in [0.2, 0.25) is 0 Å². The molecule has 162 valence electrons. The summed E-state index contributed by atoms with van der Waals surface area (Å²) in [5, 5.41) is 0. The van der Waals surface area contributed by atoms with Crippen LogP contribution in [0.3, 0.4) is 0 Å². The first kappa shape index (κ1) is 21.0. The summed E-state index contributed by atoms with van der Waals surface area (Å²) < 4.78 is 57.0. The van der Waals surface area contributed by atoms with Crippen molar-refractivity contribution in [1.82, 2.24) is 19.1 Å². The van der Waals surface area contributed by atoms with Crippen LogP contribution in [0.25, 0.3) is 11.3 Å². The molecule has 0 bridgehead atoms. The van der Waals surface area contributed by atoms with E-state index in [0.717, 1.165) is 12.1 Å². The minimum absolute atomic E-state index is 0.240. The predicted octanol–water partition coefficient (Wildman–Crippen LogP) is 5.19. The molecule has 9 heteroatoms. The summed E-state index contributed by atoms with van der Waals surface area (Å²) in [5.74, 6) is 1.19. The zero-order valence-corrected chi connectivity index (χ0v) is 17.1. The van der Waals surface area contributed by atoms with Crippen LogP contribution in [0.5, 0.6) is 0 Å². The molecule has 0 saturated carbocycles. The molecule has 3 heterocycles. The van der Waals surface area contributed by atoms with Crippen LogP contribution in [0.2, 0.25) is 0 Å². The number of hydrogen-bond donors (Lipinski definition) is 0. The molecule has 0 aliphatic carbocycles. The highest BCUT2D eigenvalue weighted by Crippen LogP contribution is 2.33. The number of hydrogen-bond acceptors (Lipinski definition) is 3. The van der Waals surface area contributed by atoms with E-state index >= 15 is 0 Å². The van der Waals surface area contributed by atoms with Gasteiger partial charge in [0.1, 0.15) is 11.5 Å². The largest absolute Gasteiger partial charge is 0.416 e. The van der Waals surface area contributed by atoms with Gasteiger partial charge in [0.05, 0.1) is 23.5 Å². The van der Waals surface area contributed by atoms with Gasteiger partial charge in [-0.1, -0.05) is 18.2 Å². The second kappa shape index (κ2) is 8.13. The van der Waals surface area contributed by atoms with Crippen molar-refractivity contribution in [2.45, 2.75) is 45.8 Å². The Morgan fingerprint density at radius 3 is 2.74 bits per heavy atom. The molecule has 0 amide bonds. The third-order valence-corrected chi connectivity index (χ3v) is 5.14. The molecule has 0 spiro atoms. The van der Waals surface area contributed by atoms with Gasteiger partial charge in [-0.2, -0.15) is 13.2 Å². The molecule has 0 N–H and O–H groups in total. The van der Waals surface area contributed by atoms with E-state index in [0.29, 0.717) is 47.4 Å². The van der Waals surface area contributed by atoms with Crippen molar-refractivity contribution in [3.63, 3.8) is 0 Å². The molecule has 2 aromatic heterocycles. The molecule has 1 aromatic carbocycles. The summed E-state index contributed by atoms with van der Waals surface area (Å²) in [6.45, 7) is 4.55. The molecule has 0 fully saturated rings. The van der Waals surface area contributed by atoms with Crippen molar-refractivity contribution in [2.24, 2.45) is 4.99 Å². The number of halogens is 4. The lowest BCUT2D eigenvalue weighted by Gasteiger charge is -2.14. The van der Waals surface area contributed by atoms with Crippen molar-refractivity contribution in [1.29, 1.82) is 0 Å². The highest BCUT2D eigenvalue weighted by Gasteiger charge is 2.31. The molecule has 1 aliphatic rings. The van der Waals surface area contributed by atoms with Gasteiger partial charge in [-0.25, -0.2) is 19.4 Å². The summed E-state index contributed by atoms with van der Waals surface area (Å²) in [4.78, 5) is 12.9. The summed E-state index contributed by atoms with van der Waals surface area (Å²) in [6, 6.07) is 5.26. The Bertz CT molecular complexity index is 1150. The normalized spacial score (nSPS) is 16.6. The minimum Gasteiger partial charge on any atom is -0.327 e. The van der Waals surface area contributed by atoms with E-state index in [2.05, 4.69) is 15.0 Å². The second-order valence-electron chi connectivity index (χ2n) is 7.25. The monoisotopic (exact) mass is 431 g/mol. The standard InChI is InChI=1S/C22H21F4N5/c1-3-31-19(13-30-11-10-27-21(30)17-8-5-9-18(23)29-17)28-14(2)20(31)15-6-4-7-16(12-15)22(24,25)26/h4-8,10-12,18H,3,9,13H2,1-2H3. The Balaban J connectivity index is 1.72. The Labute approximate surface area is 176 Å². The SMILES string of the molecule is CCn1c(Cn2ccnc2C2=NC(F)CC=C2)nc(C)c1-c1cccc(C(F)(F)F)c1. The summed E-state index contributed by atoms with van der Waals surface area (Å²) >= 11 is 0. The average molecular weight is 431 g/mol. The average Bonchev–Trinajstić information content (AvgIpc) is 3.31. The molecule has 31 heavy (non-hydrogen) atoms. The molecular formula is C22H21F4N5. The number of aryl methyl sites for hydroxylation is 1. The Morgan fingerprint density at radius 2 is 2.03 bits per heavy atom. The summed E-state index contributed by atoms with van der Waals surface area (Å²) in [7, 11) is 0. The number of allylic oxidation sites excluding steroid dienone is 1. The van der Waals surface area contributed by atoms with Crippen LogP contribution in [0, 0.1) is 6.92 Å². The minimum atomic E-state index is -4.42. The Kier molecular flexibility index (Phi) is 5.51. The second-order valence-corrected chi connectivity index (χ2v) is 7.25. The van der Waals surface area contributed by atoms with E-state index in [4.69, 9.17) is 0 Å². The van der Waals surface area contributed by atoms with Crippen LogP contribution in [-0.4, -0.2) is 31.1 Å². The predicted molar refractivity (Wildman–Crippen MR) is 110 cm³/mol. The van der Waals surface area contributed by atoms with Gasteiger partial charge in [0, 0.05) is 30.9 Å². The molecular weight excluding hydrogens is 410 g/mol. The maximum atomic E-state index is 13.7. The maximum absolute atomic E-state index is 13.7. The van der Waals surface area contributed by atoms with E-state index in [1.54, 1.807) is 37.5 Å². The van der Waals surface area contributed by atoms with E-state index in [-0.39, 0.29) is 6.42 Å². The molecule has 1 atom stereocenters. The molecule has 1 unspecified atom stereocenters. The molecule has 0 radical (unpaired) electrons. The van der Waals surface area contributed by atoms with Gasteiger partial charge in [-0.05, 0) is 32.1 Å². The van der Waals surface area contributed by atoms with E-state index < -0.39 is 18.0 Å². The van der Waals surface area contributed by atoms with E-state index in [1.165, 1.54) is 6.07 Å². The third-order valence-electron chi connectivity index (χ3n) is 5.14. The number of benzene rings is 1. The molecule has 4 rings (SSSR count). The molecule has 0 saturated heterocycles. The van der Waals surface area contributed by atoms with E-state index in [1.807, 2.05) is 16.1 Å². The molecule has 5 nitrogen and oxygen atoms in total. The number of aromatic nitrogens is 4. The Morgan fingerprint density at radius 1 is 1.23 bits per heavy atom. The molecule has 1 aliphatic heterocycles. The Hall–Kier alpha value is -3.23. The van der Waals surface area contributed by atoms with Crippen LogP contribution in [0.15, 0.2) is 53.8 Å². The maximum Gasteiger partial charge on any atom is 0.416 e. The fraction of sp³-hybridized carbons (Fsp3) is 0.318. The fourth-order valence-electron chi connectivity index (χ4n) is 3.79. The molecule has 3 aromatic rings. The van der Waals surface area contributed by atoms with Crippen LogP contribution in [-0.2, 0) is 19.3 Å². The quantitative estimate of drug-likeness (QED) is 0.413. The smallest absolute Gasteiger partial charge is 0.327 e.